The van der Waals surface area contributed by atoms with Crippen molar-refractivity contribution >= 4 is 17.7 Å². The number of aryl methyl sites for hydroxylation is 1. The fraction of sp³-hybridized carbons (Fsp3) is 0.375. The maximum absolute atomic E-state index is 10.6. The maximum atomic E-state index is 10.6. The van der Waals surface area contributed by atoms with Gasteiger partial charge in [0, 0.05) is 0 Å². The molecule has 12 heavy (non-hydrogen) atoms. The number of furan rings is 1. The summed E-state index contributed by atoms with van der Waals surface area (Å²) in [5, 5.41) is 9.23. The smallest absolute Gasteiger partial charge is 0.340 e. The zero-order chi connectivity index (χ0) is 9.14. The predicted molar refractivity (Wildman–Crippen MR) is 46.8 cm³/mol. The van der Waals surface area contributed by atoms with Crippen LogP contribution in [-0.2, 0) is 0 Å². The van der Waals surface area contributed by atoms with E-state index in [2.05, 4.69) is 0 Å². The molecule has 1 N–H and O–H groups in total. The standard InChI is InChI=1S/C8H10O3S/c1-3-12-8-6(7(9)10)4-5(2)11-8/h4H,3H2,1-2H3,(H,9,10). The summed E-state index contributed by atoms with van der Waals surface area (Å²) in [5.74, 6) is 0.527. The molecule has 0 aliphatic carbocycles. The van der Waals surface area contributed by atoms with Gasteiger partial charge >= 0.3 is 5.97 Å². The second kappa shape index (κ2) is 3.67. The molecule has 0 bridgehead atoms. The van der Waals surface area contributed by atoms with E-state index in [0.29, 0.717) is 10.9 Å². The fourth-order valence-electron chi connectivity index (χ4n) is 0.880. The minimum atomic E-state index is -0.928. The molecule has 1 aromatic rings. The Kier molecular flexibility index (Phi) is 2.81. The molecule has 4 heteroatoms. The first kappa shape index (κ1) is 9.19. The first-order chi connectivity index (χ1) is 5.65. The summed E-state index contributed by atoms with van der Waals surface area (Å²) in [6, 6.07) is 1.54. The molecule has 3 nitrogen and oxygen atoms in total. The van der Waals surface area contributed by atoms with E-state index in [1.807, 2.05) is 6.92 Å². The molecule has 0 spiro atoms. The molecule has 0 unspecified atom stereocenters. The van der Waals surface area contributed by atoms with Crippen LogP contribution in [-0.4, -0.2) is 16.8 Å². The van der Waals surface area contributed by atoms with Crippen molar-refractivity contribution in [3.05, 3.63) is 17.4 Å². The highest BCUT2D eigenvalue weighted by atomic mass is 32.2. The zero-order valence-corrected chi connectivity index (χ0v) is 7.77. The number of rotatable bonds is 3. The summed E-state index contributed by atoms with van der Waals surface area (Å²) >= 11 is 1.40. The third kappa shape index (κ3) is 1.82. The third-order valence-corrected chi connectivity index (χ3v) is 2.18. The normalized spacial score (nSPS) is 10.2. The second-order valence-corrected chi connectivity index (χ2v) is 3.53. The van der Waals surface area contributed by atoms with Gasteiger partial charge in [-0.1, -0.05) is 18.7 Å². The number of thioether (sulfide) groups is 1. The Morgan fingerprint density at radius 1 is 1.75 bits per heavy atom. The molecule has 0 radical (unpaired) electrons. The van der Waals surface area contributed by atoms with Crippen LogP contribution in [0.2, 0.25) is 0 Å². The molecule has 1 heterocycles. The minimum absolute atomic E-state index is 0.263. The van der Waals surface area contributed by atoms with Gasteiger partial charge in [0.15, 0.2) is 5.09 Å². The maximum Gasteiger partial charge on any atom is 0.340 e. The lowest BCUT2D eigenvalue weighted by atomic mass is 10.3. The van der Waals surface area contributed by atoms with Crippen LogP contribution >= 0.6 is 11.8 Å². The van der Waals surface area contributed by atoms with Gasteiger partial charge in [-0.25, -0.2) is 4.79 Å². The topological polar surface area (TPSA) is 50.4 Å². The average Bonchev–Trinajstić information content (AvgIpc) is 2.32. The number of hydrogen-bond acceptors (Lipinski definition) is 3. The molecule has 0 aliphatic heterocycles. The number of carboxylic acid groups (broad SMARTS) is 1. The highest BCUT2D eigenvalue weighted by molar-refractivity contribution is 7.99. The van der Waals surface area contributed by atoms with Gasteiger partial charge in [-0.05, 0) is 18.7 Å². The average molecular weight is 186 g/mol. The zero-order valence-electron chi connectivity index (χ0n) is 6.96. The summed E-state index contributed by atoms with van der Waals surface area (Å²) in [6.45, 7) is 3.69. The van der Waals surface area contributed by atoms with E-state index < -0.39 is 5.97 Å². The van der Waals surface area contributed by atoms with Gasteiger partial charge in [0.25, 0.3) is 0 Å². The van der Waals surface area contributed by atoms with E-state index in [4.69, 9.17) is 9.52 Å². The molecule has 1 aromatic heterocycles. The fourth-order valence-corrected chi connectivity index (χ4v) is 1.63. The molecule has 0 aliphatic rings. The molecule has 0 amide bonds. The molecule has 0 saturated carbocycles. The molecule has 1 rings (SSSR count). The van der Waals surface area contributed by atoms with Gasteiger partial charge in [0.1, 0.15) is 11.3 Å². The van der Waals surface area contributed by atoms with Crippen LogP contribution in [0.1, 0.15) is 23.0 Å². The summed E-state index contributed by atoms with van der Waals surface area (Å²) in [7, 11) is 0. The van der Waals surface area contributed by atoms with E-state index in [1.54, 1.807) is 13.0 Å². The third-order valence-electron chi connectivity index (χ3n) is 1.33. The Morgan fingerprint density at radius 2 is 2.42 bits per heavy atom. The van der Waals surface area contributed by atoms with Crippen LogP contribution in [0.5, 0.6) is 0 Å². The van der Waals surface area contributed by atoms with Crippen molar-refractivity contribution in [2.75, 3.05) is 5.75 Å². The van der Waals surface area contributed by atoms with E-state index in [0.717, 1.165) is 5.75 Å². The quantitative estimate of drug-likeness (QED) is 0.736. The van der Waals surface area contributed by atoms with Crippen LogP contribution < -0.4 is 0 Å². The van der Waals surface area contributed by atoms with Gasteiger partial charge in [0.2, 0.25) is 0 Å². The first-order valence-electron chi connectivity index (χ1n) is 3.61. The van der Waals surface area contributed by atoms with Crippen molar-refractivity contribution in [1.82, 2.24) is 0 Å². The van der Waals surface area contributed by atoms with Gasteiger partial charge in [-0.3, -0.25) is 0 Å². The highest BCUT2D eigenvalue weighted by Crippen LogP contribution is 2.25. The Labute approximate surface area is 74.8 Å². The summed E-state index contributed by atoms with van der Waals surface area (Å²) in [5.41, 5.74) is 0.263. The Balaban J connectivity index is 2.99. The molecule has 66 valence electrons. The van der Waals surface area contributed by atoms with Crippen LogP contribution in [0.15, 0.2) is 15.6 Å². The first-order valence-corrected chi connectivity index (χ1v) is 4.60. The van der Waals surface area contributed by atoms with Crippen molar-refractivity contribution in [3.8, 4) is 0 Å². The lowest BCUT2D eigenvalue weighted by molar-refractivity contribution is 0.0690. The summed E-state index contributed by atoms with van der Waals surface area (Å²) < 4.78 is 5.20. The lowest BCUT2D eigenvalue weighted by Crippen LogP contribution is -1.94. The van der Waals surface area contributed by atoms with Gasteiger partial charge in [-0.2, -0.15) is 0 Å². The van der Waals surface area contributed by atoms with Crippen LogP contribution in [0.25, 0.3) is 0 Å². The van der Waals surface area contributed by atoms with E-state index in [9.17, 15) is 4.79 Å². The summed E-state index contributed by atoms with van der Waals surface area (Å²) in [4.78, 5) is 10.6. The SMILES string of the molecule is CCSc1oc(C)cc1C(=O)O. The van der Waals surface area contributed by atoms with E-state index >= 15 is 0 Å². The lowest BCUT2D eigenvalue weighted by Gasteiger charge is -1.93. The van der Waals surface area contributed by atoms with Crippen LogP contribution in [0, 0.1) is 6.92 Å². The van der Waals surface area contributed by atoms with Gasteiger partial charge < -0.3 is 9.52 Å². The number of hydrogen-bond donors (Lipinski definition) is 1. The van der Waals surface area contributed by atoms with Crippen LogP contribution in [0.4, 0.5) is 0 Å². The minimum Gasteiger partial charge on any atom is -0.478 e. The molecule has 0 atom stereocenters. The molecule has 0 aromatic carbocycles. The Bertz CT molecular complexity index is 290. The van der Waals surface area contributed by atoms with Crippen molar-refractivity contribution < 1.29 is 14.3 Å². The van der Waals surface area contributed by atoms with Crippen molar-refractivity contribution in [2.45, 2.75) is 18.9 Å². The Hall–Kier alpha value is -0.900. The monoisotopic (exact) mass is 186 g/mol. The Morgan fingerprint density at radius 3 is 2.92 bits per heavy atom. The van der Waals surface area contributed by atoms with E-state index in [-0.39, 0.29) is 5.56 Å². The van der Waals surface area contributed by atoms with Crippen molar-refractivity contribution in [1.29, 1.82) is 0 Å². The number of carboxylic acids is 1. The van der Waals surface area contributed by atoms with Crippen molar-refractivity contribution in [2.24, 2.45) is 0 Å². The van der Waals surface area contributed by atoms with Crippen LogP contribution in [0.3, 0.4) is 0 Å². The molecule has 0 fully saturated rings. The number of carbonyl (C=O) groups is 1. The van der Waals surface area contributed by atoms with Crippen molar-refractivity contribution in [3.63, 3.8) is 0 Å². The number of aromatic carboxylic acids is 1. The van der Waals surface area contributed by atoms with E-state index in [1.165, 1.54) is 11.8 Å². The van der Waals surface area contributed by atoms with Gasteiger partial charge in [-0.15, -0.1) is 0 Å². The highest BCUT2D eigenvalue weighted by Gasteiger charge is 2.14. The molecular weight excluding hydrogens is 176 g/mol. The molecule has 0 saturated heterocycles. The van der Waals surface area contributed by atoms with Gasteiger partial charge in [0.05, 0.1) is 0 Å². The summed E-state index contributed by atoms with van der Waals surface area (Å²) in [6.07, 6.45) is 0. The largest absolute Gasteiger partial charge is 0.478 e. The second-order valence-electron chi connectivity index (χ2n) is 2.30. The molecular formula is C8H10O3S. The predicted octanol–water partition coefficient (Wildman–Crippen LogP) is 2.40.